The quantitative estimate of drug-likeness (QED) is 0.729. The Balaban J connectivity index is 0.000000671. The maximum Gasteiger partial charge on any atom is 0.0776 e. The first-order valence-corrected chi connectivity index (χ1v) is 5.43. The van der Waals surface area contributed by atoms with Crippen LogP contribution >= 0.6 is 0 Å². The third-order valence-corrected chi connectivity index (χ3v) is 2.07. The minimum atomic E-state index is -0.316. The van der Waals surface area contributed by atoms with Crippen LogP contribution in [0.3, 0.4) is 0 Å². The fourth-order valence-corrected chi connectivity index (χ4v) is 1.49. The summed E-state index contributed by atoms with van der Waals surface area (Å²) in [6.45, 7) is 10.3. The highest BCUT2D eigenvalue weighted by Gasteiger charge is 2.40. The molecule has 0 bridgehead atoms. The lowest BCUT2D eigenvalue weighted by Crippen LogP contribution is -2.32. The van der Waals surface area contributed by atoms with Crippen molar-refractivity contribution in [3.05, 3.63) is 0 Å². The Hall–Kier alpha value is -0.0800. The molecule has 0 atom stereocenters. The number of aliphatic hydroxyl groups is 1. The standard InChI is InChI=1S/C9H19NO.C2H6/c1-8(2)6-10(3)7-9(11)4-5-9;1-2/h8,11H,4-7H2,1-3H3;1-2H3. The van der Waals surface area contributed by atoms with Crippen LogP contribution in [0.5, 0.6) is 0 Å². The normalized spacial score (nSPS) is 18.5. The molecule has 0 aromatic rings. The predicted octanol–water partition coefficient (Wildman–Crippen LogP) is 2.13. The molecule has 13 heavy (non-hydrogen) atoms. The first kappa shape index (κ1) is 12.9. The number of hydrogen-bond donors (Lipinski definition) is 1. The molecule has 0 aromatic heterocycles. The number of nitrogens with zero attached hydrogens (tertiary/aromatic N) is 1. The predicted molar refractivity (Wildman–Crippen MR) is 57.9 cm³/mol. The van der Waals surface area contributed by atoms with Crippen molar-refractivity contribution in [2.75, 3.05) is 20.1 Å². The summed E-state index contributed by atoms with van der Waals surface area (Å²) in [5.74, 6) is 0.697. The monoisotopic (exact) mass is 187 g/mol. The van der Waals surface area contributed by atoms with Gasteiger partial charge in [0.05, 0.1) is 5.60 Å². The van der Waals surface area contributed by atoms with Gasteiger partial charge in [-0.3, -0.25) is 0 Å². The van der Waals surface area contributed by atoms with E-state index in [1.54, 1.807) is 0 Å². The van der Waals surface area contributed by atoms with Gasteiger partial charge >= 0.3 is 0 Å². The van der Waals surface area contributed by atoms with Crippen molar-refractivity contribution in [1.82, 2.24) is 4.90 Å². The van der Waals surface area contributed by atoms with Crippen LogP contribution in [-0.4, -0.2) is 35.7 Å². The van der Waals surface area contributed by atoms with Gasteiger partial charge in [-0.05, 0) is 25.8 Å². The smallest absolute Gasteiger partial charge is 0.0776 e. The van der Waals surface area contributed by atoms with Crippen molar-refractivity contribution in [3.8, 4) is 0 Å². The summed E-state index contributed by atoms with van der Waals surface area (Å²) in [6.07, 6.45) is 1.99. The number of likely N-dealkylation sites (N-methyl/N-ethyl adjacent to an activating group) is 1. The molecule has 1 N–H and O–H groups in total. The van der Waals surface area contributed by atoms with Crippen molar-refractivity contribution in [2.45, 2.75) is 46.1 Å². The van der Waals surface area contributed by atoms with E-state index in [0.29, 0.717) is 5.92 Å². The van der Waals surface area contributed by atoms with Crippen LogP contribution in [0.25, 0.3) is 0 Å². The molecule has 0 spiro atoms. The van der Waals surface area contributed by atoms with Crippen LogP contribution in [0.4, 0.5) is 0 Å². The molecule has 2 nitrogen and oxygen atoms in total. The Morgan fingerprint density at radius 2 is 1.77 bits per heavy atom. The summed E-state index contributed by atoms with van der Waals surface area (Å²) in [4.78, 5) is 2.22. The van der Waals surface area contributed by atoms with Gasteiger partial charge < -0.3 is 10.0 Å². The molecule has 1 rings (SSSR count). The molecule has 1 aliphatic rings. The van der Waals surface area contributed by atoms with E-state index in [-0.39, 0.29) is 5.60 Å². The van der Waals surface area contributed by atoms with E-state index in [4.69, 9.17) is 0 Å². The van der Waals surface area contributed by atoms with E-state index in [9.17, 15) is 5.11 Å². The zero-order valence-electron chi connectivity index (χ0n) is 9.80. The van der Waals surface area contributed by atoms with Gasteiger partial charge in [-0.2, -0.15) is 0 Å². The molecule has 0 radical (unpaired) electrons. The summed E-state index contributed by atoms with van der Waals surface area (Å²) in [5.41, 5.74) is -0.316. The summed E-state index contributed by atoms with van der Waals surface area (Å²) in [5, 5.41) is 9.57. The maximum absolute atomic E-state index is 9.57. The molecule has 2 heteroatoms. The van der Waals surface area contributed by atoms with E-state index >= 15 is 0 Å². The van der Waals surface area contributed by atoms with Crippen LogP contribution in [0, 0.1) is 5.92 Å². The Kier molecular flexibility index (Phi) is 5.57. The van der Waals surface area contributed by atoms with E-state index in [2.05, 4.69) is 25.8 Å². The van der Waals surface area contributed by atoms with Crippen molar-refractivity contribution in [2.24, 2.45) is 5.92 Å². The van der Waals surface area contributed by atoms with Gasteiger partial charge in [0, 0.05) is 13.1 Å². The van der Waals surface area contributed by atoms with Gasteiger partial charge in [0.2, 0.25) is 0 Å². The third-order valence-electron chi connectivity index (χ3n) is 2.07. The lowest BCUT2D eigenvalue weighted by atomic mass is 10.2. The van der Waals surface area contributed by atoms with Gasteiger partial charge in [-0.25, -0.2) is 0 Å². The Labute approximate surface area is 82.9 Å². The molecule has 80 valence electrons. The van der Waals surface area contributed by atoms with Crippen molar-refractivity contribution in [3.63, 3.8) is 0 Å². The summed E-state index contributed by atoms with van der Waals surface area (Å²) >= 11 is 0. The zero-order valence-corrected chi connectivity index (χ0v) is 9.80. The molecular weight excluding hydrogens is 162 g/mol. The van der Waals surface area contributed by atoms with Gasteiger partial charge in [0.1, 0.15) is 0 Å². The molecular formula is C11H25NO. The minimum absolute atomic E-state index is 0.316. The maximum atomic E-state index is 9.57. The summed E-state index contributed by atoms with van der Waals surface area (Å²) in [6, 6.07) is 0. The molecule has 0 amide bonds. The van der Waals surface area contributed by atoms with Crippen LogP contribution < -0.4 is 0 Å². The van der Waals surface area contributed by atoms with E-state index in [1.165, 1.54) is 0 Å². The number of hydrogen-bond acceptors (Lipinski definition) is 2. The van der Waals surface area contributed by atoms with Crippen LogP contribution in [0.2, 0.25) is 0 Å². The van der Waals surface area contributed by atoms with Gasteiger partial charge in [-0.1, -0.05) is 27.7 Å². The van der Waals surface area contributed by atoms with Crippen molar-refractivity contribution in [1.29, 1.82) is 0 Å². The lowest BCUT2D eigenvalue weighted by molar-refractivity contribution is 0.0989. The highest BCUT2D eigenvalue weighted by molar-refractivity contribution is 4.95. The van der Waals surface area contributed by atoms with Crippen LogP contribution in [0.15, 0.2) is 0 Å². The summed E-state index contributed by atoms with van der Waals surface area (Å²) in [7, 11) is 2.08. The van der Waals surface area contributed by atoms with Crippen LogP contribution in [0.1, 0.15) is 40.5 Å². The highest BCUT2D eigenvalue weighted by Crippen LogP contribution is 2.35. The fourth-order valence-electron chi connectivity index (χ4n) is 1.49. The first-order valence-electron chi connectivity index (χ1n) is 5.43. The SMILES string of the molecule is CC.CC(C)CN(C)CC1(O)CC1. The molecule has 1 fully saturated rings. The third kappa shape index (κ3) is 6.05. The average molecular weight is 187 g/mol. The lowest BCUT2D eigenvalue weighted by Gasteiger charge is -2.21. The van der Waals surface area contributed by atoms with E-state index in [1.807, 2.05) is 13.8 Å². The minimum Gasteiger partial charge on any atom is -0.389 e. The Bertz CT molecular complexity index is 130. The fraction of sp³-hybridized carbons (Fsp3) is 1.00. The molecule has 0 unspecified atom stereocenters. The average Bonchev–Trinajstić information content (AvgIpc) is 2.69. The molecule has 0 heterocycles. The largest absolute Gasteiger partial charge is 0.389 e. The van der Waals surface area contributed by atoms with E-state index in [0.717, 1.165) is 25.9 Å². The van der Waals surface area contributed by atoms with Gasteiger partial charge in [0.25, 0.3) is 0 Å². The molecule has 0 saturated heterocycles. The molecule has 1 saturated carbocycles. The molecule has 0 aliphatic heterocycles. The van der Waals surface area contributed by atoms with Crippen LogP contribution in [-0.2, 0) is 0 Å². The van der Waals surface area contributed by atoms with Gasteiger partial charge in [0.15, 0.2) is 0 Å². The van der Waals surface area contributed by atoms with Gasteiger partial charge in [-0.15, -0.1) is 0 Å². The zero-order chi connectivity index (χ0) is 10.5. The van der Waals surface area contributed by atoms with E-state index < -0.39 is 0 Å². The second-order valence-electron chi connectivity index (χ2n) is 4.31. The number of rotatable bonds is 4. The molecule has 0 aromatic carbocycles. The molecule has 1 aliphatic carbocycles. The summed E-state index contributed by atoms with van der Waals surface area (Å²) < 4.78 is 0. The Morgan fingerprint density at radius 1 is 1.31 bits per heavy atom. The topological polar surface area (TPSA) is 23.5 Å². The first-order chi connectivity index (χ1) is 6.02. The Morgan fingerprint density at radius 3 is 2.08 bits per heavy atom. The highest BCUT2D eigenvalue weighted by atomic mass is 16.3. The van der Waals surface area contributed by atoms with Crippen molar-refractivity contribution < 1.29 is 5.11 Å². The van der Waals surface area contributed by atoms with Crippen molar-refractivity contribution >= 4 is 0 Å². The second-order valence-corrected chi connectivity index (χ2v) is 4.31. The second kappa shape index (κ2) is 5.61.